The Morgan fingerprint density at radius 1 is 1.00 bits per heavy atom. The van der Waals surface area contributed by atoms with Gasteiger partial charge in [-0.2, -0.15) is 0 Å². The summed E-state index contributed by atoms with van der Waals surface area (Å²) in [5, 5.41) is 10.6. The van der Waals surface area contributed by atoms with Crippen LogP contribution in [0.4, 0.5) is 0 Å². The van der Waals surface area contributed by atoms with Gasteiger partial charge in [0, 0.05) is 45.0 Å². The molecule has 6 heteroatoms. The molecule has 2 fully saturated rings. The highest BCUT2D eigenvalue weighted by Crippen LogP contribution is 2.25. The Morgan fingerprint density at radius 2 is 1.73 bits per heavy atom. The van der Waals surface area contributed by atoms with Crippen LogP contribution in [0.3, 0.4) is 0 Å². The van der Waals surface area contributed by atoms with Crippen molar-refractivity contribution in [2.45, 2.75) is 44.9 Å². The highest BCUT2D eigenvalue weighted by molar-refractivity contribution is 5.30. The van der Waals surface area contributed by atoms with Gasteiger partial charge >= 0.3 is 0 Å². The molecule has 1 atom stereocenters. The summed E-state index contributed by atoms with van der Waals surface area (Å²) >= 11 is 0. The monoisotopic (exact) mass is 411 g/mol. The van der Waals surface area contributed by atoms with Crippen LogP contribution in [0.2, 0.25) is 0 Å². The zero-order valence-corrected chi connectivity index (χ0v) is 17.9. The summed E-state index contributed by atoms with van der Waals surface area (Å²) in [5.41, 5.74) is 2.56. The van der Waals surface area contributed by atoms with E-state index in [1.165, 1.54) is 25.7 Å². The summed E-state index contributed by atoms with van der Waals surface area (Å²) in [6.07, 6.45) is 5.02. The van der Waals surface area contributed by atoms with E-state index in [0.717, 1.165) is 44.0 Å². The van der Waals surface area contributed by atoms with Crippen LogP contribution in [0, 0.1) is 0 Å². The van der Waals surface area contributed by atoms with E-state index in [-0.39, 0.29) is 17.3 Å². The molecular formula is C24H33N3O3. The lowest BCUT2D eigenvalue weighted by molar-refractivity contribution is -0.0338. The SMILES string of the molecule is Cn1c(CN2CCCCCC2)cc(=O)c(O)c1CN1CCOC(c2ccccc2)C1. The van der Waals surface area contributed by atoms with E-state index in [1.807, 2.05) is 29.8 Å². The Bertz CT molecular complexity index is 889. The first-order valence-corrected chi connectivity index (χ1v) is 11.1. The molecule has 1 aromatic heterocycles. The Hall–Kier alpha value is -2.15. The maximum Gasteiger partial charge on any atom is 0.223 e. The van der Waals surface area contributed by atoms with Gasteiger partial charge in [-0.15, -0.1) is 0 Å². The third kappa shape index (κ3) is 4.94. The first-order chi connectivity index (χ1) is 14.6. The van der Waals surface area contributed by atoms with Crippen molar-refractivity contribution in [3.05, 3.63) is 63.6 Å². The van der Waals surface area contributed by atoms with Crippen LogP contribution in [0.5, 0.6) is 5.75 Å². The molecule has 30 heavy (non-hydrogen) atoms. The van der Waals surface area contributed by atoms with Gasteiger partial charge in [0.05, 0.1) is 18.4 Å². The normalized spacial score (nSPS) is 21.4. The number of benzene rings is 1. The smallest absolute Gasteiger partial charge is 0.223 e. The first kappa shape index (κ1) is 21.1. The van der Waals surface area contributed by atoms with Crippen LogP contribution in [-0.4, -0.2) is 52.3 Å². The number of likely N-dealkylation sites (tertiary alicyclic amines) is 1. The maximum atomic E-state index is 12.5. The zero-order chi connectivity index (χ0) is 20.9. The maximum absolute atomic E-state index is 12.5. The molecule has 0 bridgehead atoms. The number of morpholine rings is 1. The first-order valence-electron chi connectivity index (χ1n) is 11.1. The molecule has 2 aromatic rings. The van der Waals surface area contributed by atoms with E-state index >= 15 is 0 Å². The molecule has 1 N–H and O–H groups in total. The molecule has 1 aromatic carbocycles. The van der Waals surface area contributed by atoms with Gasteiger partial charge in [0.2, 0.25) is 5.43 Å². The second-order valence-corrected chi connectivity index (χ2v) is 8.55. The molecular weight excluding hydrogens is 378 g/mol. The van der Waals surface area contributed by atoms with Crippen LogP contribution >= 0.6 is 0 Å². The van der Waals surface area contributed by atoms with E-state index in [4.69, 9.17) is 4.74 Å². The summed E-state index contributed by atoms with van der Waals surface area (Å²) in [4.78, 5) is 17.2. The van der Waals surface area contributed by atoms with Crippen LogP contribution in [-0.2, 0) is 24.9 Å². The van der Waals surface area contributed by atoms with E-state index < -0.39 is 0 Å². The number of rotatable bonds is 5. The standard InChI is InChI=1S/C24H33N3O3/c1-25-20(16-26-11-7-2-3-8-12-26)15-22(28)24(29)21(25)17-27-13-14-30-23(18-27)19-9-5-4-6-10-19/h4-6,9-10,15,23,29H,2-3,7-8,11-14,16-18H2,1H3. The molecule has 0 radical (unpaired) electrons. The summed E-state index contributed by atoms with van der Waals surface area (Å²) in [6, 6.07) is 11.8. The minimum atomic E-state index is -0.277. The zero-order valence-electron chi connectivity index (χ0n) is 17.9. The Balaban J connectivity index is 1.51. The topological polar surface area (TPSA) is 57.9 Å². The van der Waals surface area contributed by atoms with Crippen molar-refractivity contribution in [3.8, 4) is 5.75 Å². The van der Waals surface area contributed by atoms with Gasteiger partial charge in [0.1, 0.15) is 0 Å². The van der Waals surface area contributed by atoms with Gasteiger partial charge in [-0.3, -0.25) is 14.6 Å². The molecule has 0 spiro atoms. The number of nitrogens with zero attached hydrogens (tertiary/aromatic N) is 3. The van der Waals surface area contributed by atoms with Gasteiger partial charge in [-0.1, -0.05) is 43.2 Å². The largest absolute Gasteiger partial charge is 0.503 e. The van der Waals surface area contributed by atoms with Crippen LogP contribution < -0.4 is 5.43 Å². The van der Waals surface area contributed by atoms with Crippen molar-refractivity contribution in [1.82, 2.24) is 14.4 Å². The fourth-order valence-corrected chi connectivity index (χ4v) is 4.57. The molecule has 0 amide bonds. The minimum Gasteiger partial charge on any atom is -0.503 e. The number of hydrogen-bond acceptors (Lipinski definition) is 5. The van der Waals surface area contributed by atoms with Crippen LogP contribution in [0.15, 0.2) is 41.2 Å². The molecule has 2 aliphatic heterocycles. The van der Waals surface area contributed by atoms with Crippen molar-refractivity contribution in [3.63, 3.8) is 0 Å². The van der Waals surface area contributed by atoms with Crippen LogP contribution in [0.1, 0.15) is 48.7 Å². The average Bonchev–Trinajstić information content (AvgIpc) is 3.04. The quantitative estimate of drug-likeness (QED) is 0.820. The molecule has 0 saturated carbocycles. The second-order valence-electron chi connectivity index (χ2n) is 8.55. The lowest BCUT2D eigenvalue weighted by atomic mass is 10.1. The van der Waals surface area contributed by atoms with Gasteiger partial charge < -0.3 is 14.4 Å². The second kappa shape index (κ2) is 9.77. The van der Waals surface area contributed by atoms with E-state index in [1.54, 1.807) is 6.07 Å². The third-order valence-corrected chi connectivity index (χ3v) is 6.42. The molecule has 6 nitrogen and oxygen atoms in total. The molecule has 2 saturated heterocycles. The molecule has 0 aliphatic carbocycles. The predicted octanol–water partition coefficient (Wildman–Crippen LogP) is 3.04. The Kier molecular flexibility index (Phi) is 6.87. The fraction of sp³-hybridized carbons (Fsp3) is 0.542. The van der Waals surface area contributed by atoms with E-state index in [2.05, 4.69) is 21.9 Å². The Morgan fingerprint density at radius 3 is 2.47 bits per heavy atom. The van der Waals surface area contributed by atoms with Crippen molar-refractivity contribution in [2.75, 3.05) is 32.8 Å². The molecule has 3 heterocycles. The predicted molar refractivity (Wildman–Crippen MR) is 118 cm³/mol. The molecule has 1 unspecified atom stereocenters. The number of pyridine rings is 1. The van der Waals surface area contributed by atoms with Gasteiger partial charge in [0.25, 0.3) is 0 Å². The Labute approximate surface area is 178 Å². The molecule has 162 valence electrons. The minimum absolute atomic E-state index is 0.0133. The van der Waals surface area contributed by atoms with Crippen molar-refractivity contribution in [2.24, 2.45) is 7.05 Å². The average molecular weight is 412 g/mol. The van der Waals surface area contributed by atoms with Crippen molar-refractivity contribution >= 4 is 0 Å². The number of aromatic hydroxyl groups is 1. The van der Waals surface area contributed by atoms with Gasteiger partial charge in [-0.25, -0.2) is 0 Å². The summed E-state index contributed by atoms with van der Waals surface area (Å²) in [6.45, 7) is 5.62. The number of aromatic nitrogens is 1. The summed E-state index contributed by atoms with van der Waals surface area (Å²) in [7, 11) is 1.97. The summed E-state index contributed by atoms with van der Waals surface area (Å²) in [5.74, 6) is -0.125. The van der Waals surface area contributed by atoms with E-state index in [0.29, 0.717) is 18.8 Å². The highest BCUT2D eigenvalue weighted by Gasteiger charge is 2.24. The van der Waals surface area contributed by atoms with Crippen molar-refractivity contribution < 1.29 is 9.84 Å². The van der Waals surface area contributed by atoms with Gasteiger partial charge in [0.15, 0.2) is 5.75 Å². The van der Waals surface area contributed by atoms with Crippen molar-refractivity contribution in [1.29, 1.82) is 0 Å². The van der Waals surface area contributed by atoms with Crippen LogP contribution in [0.25, 0.3) is 0 Å². The molecule has 4 rings (SSSR count). The van der Waals surface area contributed by atoms with E-state index in [9.17, 15) is 9.90 Å². The molecule has 2 aliphatic rings. The number of hydrogen-bond donors (Lipinski definition) is 1. The number of ether oxygens (including phenoxy) is 1. The summed E-state index contributed by atoms with van der Waals surface area (Å²) < 4.78 is 8.00. The van der Waals surface area contributed by atoms with Gasteiger partial charge in [-0.05, 0) is 31.5 Å². The lowest BCUT2D eigenvalue weighted by Crippen LogP contribution is -2.39. The third-order valence-electron chi connectivity index (χ3n) is 6.42. The lowest BCUT2D eigenvalue weighted by Gasteiger charge is -2.34. The fourth-order valence-electron chi connectivity index (χ4n) is 4.57. The highest BCUT2D eigenvalue weighted by atomic mass is 16.5.